The molecular formula is C45H95F10N5O. The molecule has 0 radical (unpaired) electrons. The molecule has 0 atom stereocenters. The maximum atomic E-state index is 12.9. The fourth-order valence-electron chi connectivity index (χ4n) is 6.22. The molecule has 0 unspecified atom stereocenters. The minimum absolute atomic E-state index is 0. The Labute approximate surface area is 368 Å². The van der Waals surface area contributed by atoms with E-state index in [9.17, 15) is 43.9 Å². The maximum absolute atomic E-state index is 12.9. The van der Waals surface area contributed by atoms with Crippen LogP contribution >= 0.6 is 0 Å². The van der Waals surface area contributed by atoms with E-state index in [4.69, 9.17) is 0 Å². The van der Waals surface area contributed by atoms with E-state index in [1.807, 2.05) is 46.4 Å². The Kier molecular flexibility index (Phi) is 28.4. The molecule has 5 saturated heterocycles. The number of rotatable bonds is 3. The van der Waals surface area contributed by atoms with Crippen molar-refractivity contribution in [1.82, 2.24) is 24.5 Å². The Balaban J connectivity index is -0.000000211. The molecule has 5 rings (SSSR count). The van der Waals surface area contributed by atoms with Gasteiger partial charge in [-0.25, -0.2) is 8.78 Å². The van der Waals surface area contributed by atoms with Crippen molar-refractivity contribution in [2.24, 2.45) is 11.8 Å². The van der Waals surface area contributed by atoms with Crippen molar-refractivity contribution in [3.8, 4) is 0 Å². The quantitative estimate of drug-likeness (QED) is 0.262. The number of hydrogen-bond acceptors (Lipinski definition) is 6. The van der Waals surface area contributed by atoms with Crippen LogP contribution in [0.4, 0.5) is 43.9 Å². The second-order valence-electron chi connectivity index (χ2n) is 21.3. The highest BCUT2D eigenvalue weighted by Crippen LogP contribution is 2.37. The molecule has 61 heavy (non-hydrogen) atoms. The smallest absolute Gasteiger partial charge is 0.317 e. The normalized spacial score (nSPS) is 21.1. The fourth-order valence-corrected chi connectivity index (χ4v) is 6.22. The lowest BCUT2D eigenvalue weighted by Crippen LogP contribution is -2.63. The van der Waals surface area contributed by atoms with E-state index in [1.54, 1.807) is 6.92 Å². The van der Waals surface area contributed by atoms with Crippen molar-refractivity contribution in [3.63, 3.8) is 0 Å². The number of ether oxygens (including phenoxy) is 1. The molecule has 6 nitrogen and oxygen atoms in total. The van der Waals surface area contributed by atoms with Gasteiger partial charge < -0.3 is 4.74 Å². The summed E-state index contributed by atoms with van der Waals surface area (Å²) in [4.78, 5) is 10.3. The topological polar surface area (TPSA) is 25.4 Å². The van der Waals surface area contributed by atoms with Crippen LogP contribution in [-0.2, 0) is 4.74 Å². The molecule has 0 amide bonds. The molecule has 376 valence electrons. The van der Waals surface area contributed by atoms with Crippen molar-refractivity contribution in [3.05, 3.63) is 0 Å². The number of hydrogen-bond donors (Lipinski definition) is 0. The summed E-state index contributed by atoms with van der Waals surface area (Å²) in [5.41, 5.74) is -0.646. The second-order valence-corrected chi connectivity index (χ2v) is 21.3. The summed E-state index contributed by atoms with van der Waals surface area (Å²) in [5, 5.41) is 0. The Hall–Kier alpha value is -0.940. The zero-order valence-electron chi connectivity index (χ0n) is 37.1. The summed E-state index contributed by atoms with van der Waals surface area (Å²) >= 11 is 0. The molecule has 0 N–H and O–H groups in total. The first kappa shape index (κ1) is 69.1. The molecule has 0 spiro atoms. The second kappa shape index (κ2) is 25.1. The minimum Gasteiger partial charge on any atom is -0.317 e. The van der Waals surface area contributed by atoms with Crippen LogP contribution in [-0.4, -0.2) is 155 Å². The molecule has 16 heteroatoms. The van der Waals surface area contributed by atoms with Gasteiger partial charge >= 0.3 is 19.0 Å². The highest BCUT2D eigenvalue weighted by molar-refractivity contribution is 4.97. The van der Waals surface area contributed by atoms with Gasteiger partial charge in [0.15, 0.2) is 0 Å². The van der Waals surface area contributed by atoms with Gasteiger partial charge in [-0.3, -0.25) is 24.5 Å². The predicted molar refractivity (Wildman–Crippen MR) is 239 cm³/mol. The number of halogens is 10. The van der Waals surface area contributed by atoms with Gasteiger partial charge in [0.1, 0.15) is 11.8 Å². The van der Waals surface area contributed by atoms with Crippen molar-refractivity contribution in [2.45, 2.75) is 219 Å². The molecule has 5 fully saturated rings. The van der Waals surface area contributed by atoms with E-state index in [-0.39, 0.29) is 89.9 Å². The first-order valence-corrected chi connectivity index (χ1v) is 19.8. The molecule has 0 aromatic rings. The lowest BCUT2D eigenvalue weighted by atomic mass is 9.90. The molecule has 0 aromatic heterocycles. The summed E-state index contributed by atoms with van der Waals surface area (Å²) in [5.74, 6) is -1.28. The van der Waals surface area contributed by atoms with Crippen LogP contribution in [0.15, 0.2) is 0 Å². The number of likely N-dealkylation sites (tertiary alicyclic amines) is 5. The molecule has 0 aliphatic carbocycles. The van der Waals surface area contributed by atoms with Crippen LogP contribution in [0.25, 0.3) is 0 Å². The largest absolute Gasteiger partial charge is 0.394 e. The molecule has 5 aliphatic heterocycles. The average molecular weight is 912 g/mol. The van der Waals surface area contributed by atoms with Gasteiger partial charge in [0.2, 0.25) is 0 Å². The molecule has 5 aliphatic rings. The Morgan fingerprint density at radius 2 is 0.803 bits per heavy atom. The minimum atomic E-state index is -4.00. The van der Waals surface area contributed by atoms with Gasteiger partial charge in [0, 0.05) is 99.6 Å². The van der Waals surface area contributed by atoms with E-state index >= 15 is 0 Å². The molecule has 0 bridgehead atoms. The molecule has 0 aromatic carbocycles. The lowest BCUT2D eigenvalue weighted by molar-refractivity contribution is -0.218. The van der Waals surface area contributed by atoms with E-state index in [2.05, 4.69) is 86.7 Å². The van der Waals surface area contributed by atoms with Gasteiger partial charge in [-0.1, -0.05) is 37.1 Å². The van der Waals surface area contributed by atoms with Crippen LogP contribution < -0.4 is 0 Å². The van der Waals surface area contributed by atoms with Crippen LogP contribution in [0.5, 0.6) is 0 Å². The first-order valence-electron chi connectivity index (χ1n) is 19.8. The molecular weight excluding hydrogens is 817 g/mol. The third-order valence-corrected chi connectivity index (χ3v) is 10.6. The van der Waals surface area contributed by atoms with Crippen LogP contribution in [0.1, 0.15) is 154 Å². The number of alkyl halides is 10. The zero-order chi connectivity index (χ0) is 44.3. The van der Waals surface area contributed by atoms with E-state index < -0.39 is 43.1 Å². The summed E-state index contributed by atoms with van der Waals surface area (Å²) in [6, 6.07) is 0. The van der Waals surface area contributed by atoms with Gasteiger partial charge in [-0.15, -0.1) is 0 Å². The maximum Gasteiger partial charge on any atom is 0.394 e. The molecule has 5 heterocycles. The SMILES string of the molecule is C.C.C.C.C.CC(C)(C)N1CC(C(F)(F)F)C1.CC(C)(C)N1CC(CC(F)(F)F)C1.CC(C)(C)N1CC(F)C1.CC(C)(C)N1CC(OC(F)F)C1.CC1(F)CN(C(C)(C)C)C1. The molecule has 0 saturated carbocycles. The lowest BCUT2D eigenvalue weighted by Gasteiger charge is -2.49. The monoisotopic (exact) mass is 912 g/mol. The van der Waals surface area contributed by atoms with Crippen molar-refractivity contribution >= 4 is 0 Å². The van der Waals surface area contributed by atoms with Crippen LogP contribution in [0, 0.1) is 11.8 Å². The van der Waals surface area contributed by atoms with E-state index in [1.165, 1.54) is 0 Å². The third kappa shape index (κ3) is 26.0. The summed E-state index contributed by atoms with van der Waals surface area (Å²) in [6.07, 6.45) is -9.45. The zero-order valence-corrected chi connectivity index (χ0v) is 37.1. The van der Waals surface area contributed by atoms with E-state index in [0.29, 0.717) is 52.4 Å². The summed E-state index contributed by atoms with van der Waals surface area (Å²) < 4.78 is 125. The van der Waals surface area contributed by atoms with Gasteiger partial charge in [-0.05, 0) is 117 Å². The predicted octanol–water partition coefficient (Wildman–Crippen LogP) is 13.1. The summed E-state index contributed by atoms with van der Waals surface area (Å²) in [7, 11) is 0. The van der Waals surface area contributed by atoms with E-state index in [0.717, 1.165) is 0 Å². The average Bonchev–Trinajstić information content (AvgIpc) is 2.80. The van der Waals surface area contributed by atoms with Crippen LogP contribution in [0.2, 0.25) is 0 Å². The summed E-state index contributed by atoms with van der Waals surface area (Å²) in [6.45, 7) is 34.9. The fraction of sp³-hybridized carbons (Fsp3) is 1.00. The Morgan fingerprint density at radius 1 is 0.508 bits per heavy atom. The highest BCUT2D eigenvalue weighted by atomic mass is 19.4. The Bertz CT molecular complexity index is 1120. The van der Waals surface area contributed by atoms with Crippen molar-refractivity contribution in [1.29, 1.82) is 0 Å². The van der Waals surface area contributed by atoms with Gasteiger partial charge in [-0.2, -0.15) is 35.1 Å². The van der Waals surface area contributed by atoms with Crippen molar-refractivity contribution < 1.29 is 48.6 Å². The first-order chi connectivity index (χ1) is 24.6. The number of nitrogens with zero attached hydrogens (tertiary/aromatic N) is 5. The highest BCUT2D eigenvalue weighted by Gasteiger charge is 2.49. The standard InChI is InChI=1S/C9H16F3N.C8H14F3N.C8H15F2NO.C8H16FN.C7H14FN.5CH4/c1-8(2,3)13-5-7(6-13)4-9(10,11)12;1-7(2,3)12-4-6(5-12)8(9,10)11;1-8(2,3)11-4-6(5-11)12-7(9)10;1-7(2,3)10-5-8(4,9)6-10;1-7(2,3)9-4-6(8)5-9;;;;;/h7H,4-6H2,1-3H3;6H,4-5H2,1-3H3;6-7H,4-5H2,1-3H3;5-6H2,1-4H3;6H,4-5H2,1-3H3;5*1H4. The third-order valence-electron chi connectivity index (χ3n) is 10.6. The van der Waals surface area contributed by atoms with Gasteiger partial charge in [0.25, 0.3) is 0 Å². The Morgan fingerprint density at radius 3 is 1.02 bits per heavy atom. The van der Waals surface area contributed by atoms with Crippen molar-refractivity contribution in [2.75, 3.05) is 65.4 Å². The van der Waals surface area contributed by atoms with Crippen LogP contribution in [0.3, 0.4) is 0 Å². The van der Waals surface area contributed by atoms with Gasteiger partial charge in [0.05, 0.1) is 12.0 Å².